The van der Waals surface area contributed by atoms with Crippen molar-refractivity contribution in [1.29, 1.82) is 0 Å². The number of rotatable bonds is 1. The highest BCUT2D eigenvalue weighted by Gasteiger charge is 2.11. The Hall–Kier alpha value is -0.120. The second-order valence-corrected chi connectivity index (χ2v) is 3.23. The molecule has 0 aromatic carbocycles. The first-order valence-corrected chi connectivity index (χ1v) is 4.17. The molecule has 1 aromatic rings. The molecule has 0 radical (unpaired) electrons. The van der Waals surface area contributed by atoms with Crippen LogP contribution in [0.15, 0.2) is 16.9 Å². The molecule has 0 fully saturated rings. The van der Waals surface area contributed by atoms with Crippen LogP contribution < -0.4 is 0 Å². The van der Waals surface area contributed by atoms with Crippen molar-refractivity contribution in [2.45, 2.75) is 0 Å². The molecule has 0 unspecified atom stereocenters. The van der Waals surface area contributed by atoms with Gasteiger partial charge in [-0.3, -0.25) is 4.79 Å². The summed E-state index contributed by atoms with van der Waals surface area (Å²) in [6.07, 6.45) is 1.48. The number of halogens is 3. The lowest BCUT2D eigenvalue weighted by Crippen LogP contribution is -1.93. The van der Waals surface area contributed by atoms with Gasteiger partial charge in [0, 0.05) is 6.20 Å². The predicted molar refractivity (Wildman–Crippen MR) is 47.1 cm³/mol. The Morgan fingerprint density at radius 3 is 2.64 bits per heavy atom. The predicted octanol–water partition coefficient (Wildman–Crippen LogP) is 2.88. The Morgan fingerprint density at radius 2 is 2.27 bits per heavy atom. The average Bonchev–Trinajstić information content (AvgIpc) is 1.85. The Bertz CT molecular complexity index is 282. The van der Waals surface area contributed by atoms with Crippen LogP contribution in [0.3, 0.4) is 0 Å². The summed E-state index contributed by atoms with van der Waals surface area (Å²) in [5.74, 6) is 0. The van der Waals surface area contributed by atoms with Crippen LogP contribution >= 0.6 is 39.1 Å². The number of nitrogens with zero attached hydrogens (tertiary/aromatic N) is 1. The summed E-state index contributed by atoms with van der Waals surface area (Å²) in [7, 11) is 0. The van der Waals surface area contributed by atoms with E-state index in [9.17, 15) is 4.79 Å². The van der Waals surface area contributed by atoms with Crippen LogP contribution in [0.1, 0.15) is 10.4 Å². The maximum atomic E-state index is 10.7. The van der Waals surface area contributed by atoms with Crippen LogP contribution in [0.25, 0.3) is 0 Å². The average molecular weight is 255 g/mol. The quantitative estimate of drug-likeness (QED) is 0.570. The lowest BCUT2D eigenvalue weighted by Gasteiger charge is -1.98. The lowest BCUT2D eigenvalue weighted by atomic mass is 10.3. The molecular formula is C6H2BrCl2NO. The topological polar surface area (TPSA) is 30.0 Å². The summed E-state index contributed by atoms with van der Waals surface area (Å²) in [5.41, 5.74) is 0.204. The third kappa shape index (κ3) is 1.92. The fourth-order valence-electron chi connectivity index (χ4n) is 0.590. The molecule has 11 heavy (non-hydrogen) atoms. The number of carbonyl (C=O) groups is 1. The zero-order valence-corrected chi connectivity index (χ0v) is 8.24. The van der Waals surface area contributed by atoms with Gasteiger partial charge in [0.1, 0.15) is 4.60 Å². The van der Waals surface area contributed by atoms with Crippen LogP contribution in [0.5, 0.6) is 0 Å². The zero-order chi connectivity index (χ0) is 8.43. The summed E-state index contributed by atoms with van der Waals surface area (Å²) < 4.78 is 0.366. The van der Waals surface area contributed by atoms with Crippen LogP contribution in [0.4, 0.5) is 0 Å². The van der Waals surface area contributed by atoms with Gasteiger partial charge in [-0.2, -0.15) is 0 Å². The van der Waals surface area contributed by atoms with E-state index in [1.807, 2.05) is 0 Å². The molecule has 5 heteroatoms. The second kappa shape index (κ2) is 3.52. The largest absolute Gasteiger partial charge is 0.275 e. The summed E-state index contributed by atoms with van der Waals surface area (Å²) in [4.78, 5) is 14.5. The van der Waals surface area contributed by atoms with E-state index < -0.39 is 5.24 Å². The van der Waals surface area contributed by atoms with E-state index in [-0.39, 0.29) is 5.56 Å². The van der Waals surface area contributed by atoms with E-state index in [2.05, 4.69) is 20.9 Å². The molecule has 0 atom stereocenters. The van der Waals surface area contributed by atoms with Crippen molar-refractivity contribution in [3.8, 4) is 0 Å². The van der Waals surface area contributed by atoms with Gasteiger partial charge in [-0.25, -0.2) is 4.98 Å². The van der Waals surface area contributed by atoms with Crippen molar-refractivity contribution < 1.29 is 4.79 Å². The molecule has 0 bridgehead atoms. The Kier molecular flexibility index (Phi) is 2.87. The molecule has 0 aliphatic rings. The van der Waals surface area contributed by atoms with Gasteiger partial charge < -0.3 is 0 Å². The van der Waals surface area contributed by atoms with Gasteiger partial charge in [0.25, 0.3) is 5.24 Å². The van der Waals surface area contributed by atoms with Gasteiger partial charge in [0.15, 0.2) is 0 Å². The van der Waals surface area contributed by atoms with Crippen LogP contribution in [-0.4, -0.2) is 10.2 Å². The first kappa shape index (κ1) is 8.97. The normalized spacial score (nSPS) is 9.73. The first-order chi connectivity index (χ1) is 5.13. The molecule has 0 aliphatic heterocycles. The molecule has 1 rings (SSSR count). The van der Waals surface area contributed by atoms with Gasteiger partial charge in [0.05, 0.1) is 10.6 Å². The molecule has 58 valence electrons. The second-order valence-electron chi connectivity index (χ2n) is 1.73. The fourth-order valence-corrected chi connectivity index (χ4v) is 1.80. The minimum atomic E-state index is -0.616. The van der Waals surface area contributed by atoms with Gasteiger partial charge in [-0.1, -0.05) is 11.6 Å². The van der Waals surface area contributed by atoms with Gasteiger partial charge in [-0.05, 0) is 33.6 Å². The highest BCUT2D eigenvalue weighted by atomic mass is 79.9. The Morgan fingerprint density at radius 1 is 1.64 bits per heavy atom. The highest BCUT2D eigenvalue weighted by molar-refractivity contribution is 9.10. The van der Waals surface area contributed by atoms with Crippen molar-refractivity contribution >= 4 is 44.4 Å². The molecule has 1 aromatic heterocycles. The number of hydrogen-bond donors (Lipinski definition) is 0. The van der Waals surface area contributed by atoms with Crippen molar-refractivity contribution in [3.63, 3.8) is 0 Å². The van der Waals surface area contributed by atoms with Crippen molar-refractivity contribution in [1.82, 2.24) is 4.98 Å². The van der Waals surface area contributed by atoms with Gasteiger partial charge in [0.2, 0.25) is 0 Å². The third-order valence-corrected chi connectivity index (χ3v) is 2.16. The first-order valence-electron chi connectivity index (χ1n) is 2.62. The molecule has 0 saturated carbocycles. The van der Waals surface area contributed by atoms with E-state index in [0.717, 1.165) is 0 Å². The van der Waals surface area contributed by atoms with Gasteiger partial charge in [-0.15, -0.1) is 0 Å². The van der Waals surface area contributed by atoms with Gasteiger partial charge >= 0.3 is 0 Å². The smallest absolute Gasteiger partial charge is 0.256 e. The van der Waals surface area contributed by atoms with Crippen molar-refractivity contribution in [3.05, 3.63) is 27.5 Å². The molecule has 0 amide bonds. The number of carbonyl (C=O) groups excluding carboxylic acids is 1. The third-order valence-electron chi connectivity index (χ3n) is 1.05. The van der Waals surface area contributed by atoms with Crippen molar-refractivity contribution in [2.75, 3.05) is 0 Å². The lowest BCUT2D eigenvalue weighted by molar-refractivity contribution is 0.108. The van der Waals surface area contributed by atoms with E-state index in [4.69, 9.17) is 23.2 Å². The molecule has 0 saturated heterocycles. The number of hydrogen-bond acceptors (Lipinski definition) is 2. The minimum absolute atomic E-state index is 0.204. The van der Waals surface area contributed by atoms with Crippen LogP contribution in [0.2, 0.25) is 5.02 Å². The maximum absolute atomic E-state index is 10.7. The fraction of sp³-hybridized carbons (Fsp3) is 0. The van der Waals surface area contributed by atoms with E-state index >= 15 is 0 Å². The standard InChI is InChI=1S/C6H2BrCl2NO/c7-5-4(6(9)11)3(8)1-2-10-5/h1-2H. The monoisotopic (exact) mass is 253 g/mol. The molecular weight excluding hydrogens is 253 g/mol. The SMILES string of the molecule is O=C(Cl)c1c(Cl)ccnc1Br. The molecule has 0 N–H and O–H groups in total. The summed E-state index contributed by atoms with van der Waals surface area (Å²) in [5, 5.41) is -0.318. The van der Waals surface area contributed by atoms with E-state index in [0.29, 0.717) is 9.63 Å². The molecule has 2 nitrogen and oxygen atoms in total. The summed E-state index contributed by atoms with van der Waals surface area (Å²) >= 11 is 13.9. The van der Waals surface area contributed by atoms with Crippen molar-refractivity contribution in [2.24, 2.45) is 0 Å². The minimum Gasteiger partial charge on any atom is -0.275 e. The van der Waals surface area contributed by atoms with E-state index in [1.165, 1.54) is 12.3 Å². The maximum Gasteiger partial charge on any atom is 0.256 e. The molecule has 0 spiro atoms. The Labute approximate surface area is 81.7 Å². The number of aromatic nitrogens is 1. The zero-order valence-electron chi connectivity index (χ0n) is 5.14. The van der Waals surface area contributed by atoms with Crippen LogP contribution in [-0.2, 0) is 0 Å². The summed E-state index contributed by atoms with van der Waals surface area (Å²) in [6, 6.07) is 1.50. The highest BCUT2D eigenvalue weighted by Crippen LogP contribution is 2.23. The van der Waals surface area contributed by atoms with E-state index in [1.54, 1.807) is 0 Å². The summed E-state index contributed by atoms with van der Waals surface area (Å²) in [6.45, 7) is 0. The molecule has 1 heterocycles. The Balaban J connectivity index is 3.32. The van der Waals surface area contributed by atoms with Crippen LogP contribution in [0, 0.1) is 0 Å². The molecule has 0 aliphatic carbocycles. The number of pyridine rings is 1.